The van der Waals surface area contributed by atoms with Crippen LogP contribution in [0.15, 0.2) is 47.6 Å². The van der Waals surface area contributed by atoms with Crippen molar-refractivity contribution in [3.63, 3.8) is 0 Å². The van der Waals surface area contributed by atoms with Crippen LogP contribution in [0.4, 0.5) is 8.78 Å². The number of aliphatic hydroxyl groups excluding tert-OH is 4. The molecule has 57 heavy (non-hydrogen) atoms. The van der Waals surface area contributed by atoms with Crippen molar-refractivity contribution in [3.8, 4) is 0 Å². The molecule has 8 aliphatic carbocycles. The summed E-state index contributed by atoms with van der Waals surface area (Å²) in [6.45, 7) is 4.31. The van der Waals surface area contributed by atoms with Crippen LogP contribution in [0, 0.1) is 45.3 Å². The number of ketones is 4. The first-order valence-corrected chi connectivity index (χ1v) is 21.7. The Hall–Kier alpha value is -2.09. The third-order valence-electron chi connectivity index (χ3n) is 17.1. The van der Waals surface area contributed by atoms with E-state index in [0.29, 0.717) is 24.0 Å². The molecule has 0 aromatic heterocycles. The summed E-state index contributed by atoms with van der Waals surface area (Å²) in [5.74, 6) is -5.77. The number of alkyl halides is 2. The zero-order chi connectivity index (χ0) is 41.5. The summed E-state index contributed by atoms with van der Waals surface area (Å²) in [5, 5.41) is 68.6. The number of Topliss-reactive ketones (excluding diaryl/α,β-unsaturated/α-hetero) is 2. The molecule has 0 radical (unpaired) electrons. The van der Waals surface area contributed by atoms with E-state index in [1.807, 2.05) is 0 Å². The SMILES string of the molecule is C[C@]12C=CC(=O)C=C1CCC1C3CC(O[I-]OC4CC5C6CCC7=CC(=O)C=C[C@]7(C)C6(F)[C@@H](O)C[C@]5(C)C4(O)C(=O)CO)C(O)(C(=O)CO)[C@@]3(C)C[C@H](O)C12F. The van der Waals surface area contributed by atoms with Crippen molar-refractivity contribution in [1.29, 1.82) is 0 Å². The average Bonchev–Trinajstić information content (AvgIpc) is 3.52. The fourth-order valence-electron chi connectivity index (χ4n) is 14.0. The van der Waals surface area contributed by atoms with Gasteiger partial charge in [0.05, 0.1) is 0 Å². The summed E-state index contributed by atoms with van der Waals surface area (Å²) >= 11 is -2.05. The summed E-state index contributed by atoms with van der Waals surface area (Å²) in [4.78, 5) is 51.8. The van der Waals surface area contributed by atoms with Crippen LogP contribution in [-0.2, 0) is 25.3 Å². The zero-order valence-corrected chi connectivity index (χ0v) is 34.6. The van der Waals surface area contributed by atoms with Crippen LogP contribution in [-0.4, -0.2) is 114 Å². The van der Waals surface area contributed by atoms with Crippen LogP contribution in [0.25, 0.3) is 0 Å². The van der Waals surface area contributed by atoms with Crippen molar-refractivity contribution in [2.24, 2.45) is 45.3 Å². The molecule has 0 amide bonds. The first-order valence-electron chi connectivity index (χ1n) is 19.9. The molecular weight excluding hydrogens is 861 g/mol. The Bertz CT molecular complexity index is 1800. The number of hydrogen-bond acceptors (Lipinski definition) is 12. The minimum absolute atomic E-state index is 0.0589. The second-order valence-electron chi connectivity index (χ2n) is 18.9. The van der Waals surface area contributed by atoms with E-state index >= 15 is 8.78 Å². The quantitative estimate of drug-likeness (QED) is 0.166. The summed E-state index contributed by atoms with van der Waals surface area (Å²) in [6.07, 6.45) is 2.58. The Balaban J connectivity index is 1.09. The van der Waals surface area contributed by atoms with Gasteiger partial charge in [-0.25, -0.2) is 0 Å². The Morgan fingerprint density at radius 3 is 1.42 bits per heavy atom. The van der Waals surface area contributed by atoms with Gasteiger partial charge in [0, 0.05) is 0 Å². The second kappa shape index (κ2) is 13.2. The summed E-state index contributed by atoms with van der Waals surface area (Å²) in [5.41, 5.74) is -13.9. The van der Waals surface area contributed by atoms with Gasteiger partial charge in [-0.2, -0.15) is 0 Å². The van der Waals surface area contributed by atoms with Gasteiger partial charge in [0.2, 0.25) is 0 Å². The van der Waals surface area contributed by atoms with E-state index in [1.165, 1.54) is 36.5 Å². The molecule has 0 heterocycles. The van der Waals surface area contributed by atoms with Crippen molar-refractivity contribution in [1.82, 2.24) is 0 Å². The first kappa shape index (κ1) is 41.6. The summed E-state index contributed by atoms with van der Waals surface area (Å²) in [6, 6.07) is 0. The number of hydrogen-bond donors (Lipinski definition) is 6. The van der Waals surface area contributed by atoms with Gasteiger partial charge in [0.1, 0.15) is 0 Å². The van der Waals surface area contributed by atoms with Gasteiger partial charge in [-0.1, -0.05) is 0 Å². The fourth-order valence-corrected chi connectivity index (χ4v) is 15.7. The second-order valence-corrected chi connectivity index (χ2v) is 20.3. The van der Waals surface area contributed by atoms with Crippen molar-refractivity contribution in [2.75, 3.05) is 13.2 Å². The Labute approximate surface area is 340 Å². The Morgan fingerprint density at radius 1 is 0.702 bits per heavy atom. The molecule has 15 heteroatoms. The molecule has 0 aliphatic heterocycles. The Kier molecular flexibility index (Phi) is 9.64. The van der Waals surface area contributed by atoms with Crippen LogP contribution in [0.5, 0.6) is 0 Å². The predicted octanol–water partition coefficient (Wildman–Crippen LogP) is -0.778. The number of carbonyl (C=O) groups excluding carboxylic acids is 4. The maximum atomic E-state index is 17.8. The number of allylic oxidation sites excluding steroid dienone is 8. The van der Waals surface area contributed by atoms with Gasteiger partial charge in [-0.3, -0.25) is 0 Å². The number of fused-ring (bicyclic) bond motifs is 10. The first-order chi connectivity index (χ1) is 26.6. The molecule has 8 aliphatic rings. The zero-order valence-electron chi connectivity index (χ0n) is 32.4. The van der Waals surface area contributed by atoms with Gasteiger partial charge in [0.25, 0.3) is 0 Å². The summed E-state index contributed by atoms with van der Waals surface area (Å²) < 4.78 is 48.1. The van der Waals surface area contributed by atoms with E-state index in [9.17, 15) is 49.8 Å². The fraction of sp³-hybridized carbons (Fsp3) is 0.714. The molecule has 314 valence electrons. The van der Waals surface area contributed by atoms with Gasteiger partial charge < -0.3 is 0 Å². The maximum absolute atomic E-state index is 17.8. The topological polar surface area (TPSA) is 208 Å². The molecule has 16 atom stereocenters. The molecule has 0 aromatic rings. The van der Waals surface area contributed by atoms with Gasteiger partial charge in [-0.15, -0.1) is 0 Å². The van der Waals surface area contributed by atoms with E-state index in [-0.39, 0.29) is 50.1 Å². The normalized spacial score (nSPS) is 52.2. The average molecular weight is 914 g/mol. The molecule has 6 N–H and O–H groups in total. The molecule has 0 spiro atoms. The minimum atomic E-state index is -2.41. The molecule has 8 rings (SSSR count). The standard InChI is InChI=1S/C42H52F2IO12/c1-35-11-9-23(48)13-21(35)5-7-25-27-15-33(41(54,31(52)19-46)37(27,3)17-29(50)39(25,35)43)56-45-57-34-16-28-26-8-6-22-14-24(49)10-12-36(22,2)40(26,44)30(51)18-38(28,4)42(34,55)32(53)20-47/h9-14,25-30,33-34,46-47,50-51,54-55H,5-8,15-20H2,1-4H3/q-1/t25?,26?,27?,28?,29-,30-,33?,34?,35-,36-,37-,38-,39?,40?,41?,42?/m0/s1. The molecule has 6 fully saturated rings. The van der Waals surface area contributed by atoms with E-state index in [1.54, 1.807) is 27.7 Å². The van der Waals surface area contributed by atoms with Crippen molar-refractivity contribution >= 4 is 23.1 Å². The van der Waals surface area contributed by atoms with Gasteiger partial charge in [0.15, 0.2) is 0 Å². The van der Waals surface area contributed by atoms with E-state index < -0.39 is 139 Å². The third-order valence-corrected chi connectivity index (χ3v) is 18.7. The Morgan fingerprint density at radius 2 is 1.07 bits per heavy atom. The van der Waals surface area contributed by atoms with E-state index in [4.69, 9.17) is 6.13 Å². The molecule has 0 saturated heterocycles. The van der Waals surface area contributed by atoms with Gasteiger partial charge >= 0.3 is 342 Å². The van der Waals surface area contributed by atoms with E-state index in [0.717, 1.165) is 0 Å². The van der Waals surface area contributed by atoms with Crippen LogP contribution < -0.4 is 22.0 Å². The van der Waals surface area contributed by atoms with Crippen LogP contribution in [0.1, 0.15) is 79.1 Å². The van der Waals surface area contributed by atoms with Crippen molar-refractivity contribution in [2.45, 2.75) is 126 Å². The number of halogens is 3. The molecule has 6 saturated carbocycles. The van der Waals surface area contributed by atoms with Crippen LogP contribution in [0.3, 0.4) is 0 Å². The number of carbonyl (C=O) groups is 4. The molecule has 10 unspecified atom stereocenters. The van der Waals surface area contributed by atoms with E-state index in [2.05, 4.69) is 0 Å². The van der Waals surface area contributed by atoms with Gasteiger partial charge in [-0.05, 0) is 0 Å². The van der Waals surface area contributed by atoms with Crippen LogP contribution in [0.2, 0.25) is 0 Å². The predicted molar refractivity (Wildman–Crippen MR) is 191 cm³/mol. The third kappa shape index (κ3) is 4.92. The van der Waals surface area contributed by atoms with Crippen LogP contribution >= 0.6 is 0 Å². The molecule has 12 nitrogen and oxygen atoms in total. The monoisotopic (exact) mass is 913 g/mol. The summed E-state index contributed by atoms with van der Waals surface area (Å²) in [7, 11) is 0. The number of aliphatic hydroxyl groups is 6. The van der Waals surface area contributed by atoms with Crippen molar-refractivity contribution < 1.29 is 86.8 Å². The molecule has 0 bridgehead atoms. The molecular formula is C42H52F2IO12-. The molecule has 0 aromatic carbocycles. The van der Waals surface area contributed by atoms with Crippen molar-refractivity contribution in [3.05, 3.63) is 47.6 Å². The number of rotatable bonds is 8.